The summed E-state index contributed by atoms with van der Waals surface area (Å²) in [5, 5.41) is 16.1. The number of pyridine rings is 1. The number of benzene rings is 2. The zero-order chi connectivity index (χ0) is 27.1. The molecule has 0 aliphatic carbocycles. The number of aromatic nitrogens is 1. The lowest BCUT2D eigenvalue weighted by atomic mass is 9.98. The van der Waals surface area contributed by atoms with Crippen molar-refractivity contribution >= 4 is 17.7 Å². The third-order valence-corrected chi connectivity index (χ3v) is 6.26. The van der Waals surface area contributed by atoms with Crippen molar-refractivity contribution in [2.75, 3.05) is 33.3 Å². The number of fused-ring (bicyclic) bond motifs is 5. The second-order valence-corrected chi connectivity index (χ2v) is 8.93. The molecule has 4 bridgehead atoms. The summed E-state index contributed by atoms with van der Waals surface area (Å²) < 4.78 is 19.5. The molecule has 2 heterocycles. The Labute approximate surface area is 219 Å². The molecular weight excluding hydrogens is 491 g/mol. The lowest BCUT2D eigenvalue weighted by molar-refractivity contribution is -0.121. The molecule has 0 unspecified atom stereocenters. The molecule has 0 saturated carbocycles. The number of nitrogens with one attached hydrogen (secondary N) is 2. The van der Waals surface area contributed by atoms with E-state index in [1.54, 1.807) is 30.3 Å². The highest BCUT2D eigenvalue weighted by Crippen LogP contribution is 2.31. The van der Waals surface area contributed by atoms with Crippen LogP contribution in [0.2, 0.25) is 0 Å². The number of rotatable bonds is 2. The Balaban J connectivity index is 1.57. The van der Waals surface area contributed by atoms with Crippen LogP contribution in [0.5, 0.6) is 11.6 Å². The largest absolute Gasteiger partial charge is 0.507 e. The maximum absolute atomic E-state index is 14.4. The van der Waals surface area contributed by atoms with Gasteiger partial charge in [0.1, 0.15) is 5.75 Å². The van der Waals surface area contributed by atoms with Crippen LogP contribution >= 0.6 is 0 Å². The molecule has 3 aromatic rings. The predicted octanol–water partition coefficient (Wildman–Crippen LogP) is 2.93. The number of hydrogen-bond acceptors (Lipinski definition) is 6. The second kappa shape index (κ2) is 12.2. The Bertz CT molecular complexity index is 1350. The van der Waals surface area contributed by atoms with Crippen LogP contribution in [0.4, 0.5) is 4.39 Å². The van der Waals surface area contributed by atoms with Crippen molar-refractivity contribution in [3.63, 3.8) is 0 Å². The number of ether oxygens (including phenoxy) is 1. The zero-order valence-corrected chi connectivity index (χ0v) is 21.0. The summed E-state index contributed by atoms with van der Waals surface area (Å²) in [4.78, 5) is 43.7. The number of carbonyl (C=O) groups excluding carboxylic acids is 3. The minimum absolute atomic E-state index is 0.0823. The van der Waals surface area contributed by atoms with Gasteiger partial charge in [-0.15, -0.1) is 0 Å². The van der Waals surface area contributed by atoms with Crippen LogP contribution in [0.15, 0.2) is 54.7 Å². The molecule has 0 saturated heterocycles. The topological polar surface area (TPSA) is 121 Å². The Morgan fingerprint density at radius 3 is 2.68 bits per heavy atom. The molecule has 4 rings (SSSR count). The molecule has 3 N–H and O–H groups in total. The van der Waals surface area contributed by atoms with Crippen molar-refractivity contribution in [2.45, 2.75) is 19.3 Å². The fourth-order valence-electron chi connectivity index (χ4n) is 4.22. The van der Waals surface area contributed by atoms with E-state index >= 15 is 0 Å². The number of phenolic OH excluding ortho intramolecular Hbond substituents is 1. The molecule has 0 fully saturated rings. The van der Waals surface area contributed by atoms with Gasteiger partial charge in [-0.05, 0) is 54.7 Å². The van der Waals surface area contributed by atoms with Gasteiger partial charge < -0.3 is 25.4 Å². The molecule has 1 aliphatic rings. The Morgan fingerprint density at radius 1 is 1.05 bits per heavy atom. The first kappa shape index (κ1) is 26.6. The third-order valence-electron chi connectivity index (χ3n) is 6.26. The van der Waals surface area contributed by atoms with E-state index in [9.17, 15) is 23.9 Å². The van der Waals surface area contributed by atoms with Crippen molar-refractivity contribution in [3.8, 4) is 22.8 Å². The van der Waals surface area contributed by atoms with Crippen LogP contribution in [0, 0.1) is 5.82 Å². The highest BCUT2D eigenvalue weighted by Gasteiger charge is 2.23. The molecule has 1 aliphatic heterocycles. The number of nitrogens with zero attached hydrogens (tertiary/aromatic N) is 2. The van der Waals surface area contributed by atoms with Crippen LogP contribution in [-0.4, -0.2) is 66.0 Å². The van der Waals surface area contributed by atoms with Gasteiger partial charge in [0.15, 0.2) is 5.82 Å². The average Bonchev–Trinajstić information content (AvgIpc) is 2.92. The van der Waals surface area contributed by atoms with Gasteiger partial charge in [-0.3, -0.25) is 14.4 Å². The maximum atomic E-state index is 14.4. The van der Waals surface area contributed by atoms with Crippen LogP contribution in [0.25, 0.3) is 11.1 Å². The molecule has 1 aromatic heterocycles. The van der Waals surface area contributed by atoms with E-state index in [2.05, 4.69) is 15.6 Å². The fourth-order valence-corrected chi connectivity index (χ4v) is 4.22. The molecule has 3 amide bonds. The molecule has 38 heavy (non-hydrogen) atoms. The number of hydrogen-bond donors (Lipinski definition) is 3. The molecule has 198 valence electrons. The number of amides is 3. The first-order chi connectivity index (χ1) is 18.4. The minimum Gasteiger partial charge on any atom is -0.507 e. The summed E-state index contributed by atoms with van der Waals surface area (Å²) >= 11 is 0. The van der Waals surface area contributed by atoms with Gasteiger partial charge in [0, 0.05) is 36.8 Å². The van der Waals surface area contributed by atoms with E-state index < -0.39 is 11.7 Å². The van der Waals surface area contributed by atoms with Gasteiger partial charge in [0.05, 0.1) is 25.4 Å². The number of carbonyl (C=O) groups is 3. The summed E-state index contributed by atoms with van der Waals surface area (Å²) in [7, 11) is 1.36. The molecule has 9 nitrogen and oxygen atoms in total. The SMILES string of the molecule is COc1cc(C(=O)N2CCCCNC(=O)c3cccc(c3)-c3cc(ccc3O)CCNC(=O)C2)c(F)cn1. The maximum Gasteiger partial charge on any atom is 0.257 e. The van der Waals surface area contributed by atoms with Gasteiger partial charge >= 0.3 is 0 Å². The highest BCUT2D eigenvalue weighted by molar-refractivity contribution is 5.97. The van der Waals surface area contributed by atoms with Crippen LogP contribution in [0.1, 0.15) is 39.1 Å². The lowest BCUT2D eigenvalue weighted by Crippen LogP contribution is -2.42. The van der Waals surface area contributed by atoms with Crippen molar-refractivity contribution in [2.24, 2.45) is 0 Å². The Hall–Kier alpha value is -4.47. The van der Waals surface area contributed by atoms with E-state index in [-0.39, 0.29) is 42.1 Å². The number of aromatic hydroxyl groups is 1. The normalized spacial score (nSPS) is 15.1. The Morgan fingerprint density at radius 2 is 1.87 bits per heavy atom. The molecule has 0 atom stereocenters. The third kappa shape index (κ3) is 6.44. The van der Waals surface area contributed by atoms with Crippen molar-refractivity contribution < 1.29 is 28.6 Å². The zero-order valence-electron chi connectivity index (χ0n) is 21.0. The number of methoxy groups -OCH3 is 1. The number of halogens is 1. The summed E-state index contributed by atoms with van der Waals surface area (Å²) in [5.74, 6) is -1.95. The van der Waals surface area contributed by atoms with E-state index in [4.69, 9.17) is 4.74 Å². The van der Waals surface area contributed by atoms with Crippen LogP contribution < -0.4 is 15.4 Å². The molecule has 0 spiro atoms. The molecule has 10 heteroatoms. The molecular formula is C28H29FN4O5. The summed E-state index contributed by atoms with van der Waals surface area (Å²) in [6, 6.07) is 13.4. The molecule has 2 aromatic carbocycles. The standard InChI is InChI=1S/C28H29FN4O5/c1-38-26-15-22(23(29)16-32-26)28(37)33-12-3-2-10-31-27(36)20-6-4-5-19(14-20)21-13-18(7-8-24(21)34)9-11-30-25(35)17-33/h4-8,13-16,34H,2-3,9-12,17H2,1H3,(H,30,35)(H,31,36). The van der Waals surface area contributed by atoms with Crippen LogP contribution in [-0.2, 0) is 11.2 Å². The predicted molar refractivity (Wildman–Crippen MR) is 138 cm³/mol. The van der Waals surface area contributed by atoms with Crippen molar-refractivity contribution in [1.82, 2.24) is 20.5 Å². The monoisotopic (exact) mass is 520 g/mol. The van der Waals surface area contributed by atoms with E-state index in [0.29, 0.717) is 49.0 Å². The van der Waals surface area contributed by atoms with Crippen LogP contribution in [0.3, 0.4) is 0 Å². The lowest BCUT2D eigenvalue weighted by Gasteiger charge is -2.23. The summed E-state index contributed by atoms with van der Waals surface area (Å²) in [6.45, 7) is 0.560. The first-order valence-electron chi connectivity index (χ1n) is 12.3. The molecule has 0 radical (unpaired) electrons. The summed E-state index contributed by atoms with van der Waals surface area (Å²) in [5.41, 5.74) is 2.37. The second-order valence-electron chi connectivity index (χ2n) is 8.93. The first-order valence-corrected chi connectivity index (χ1v) is 12.3. The van der Waals surface area contributed by atoms with Gasteiger partial charge in [0.2, 0.25) is 11.8 Å². The van der Waals surface area contributed by atoms with E-state index in [0.717, 1.165) is 11.8 Å². The number of phenols is 1. The van der Waals surface area contributed by atoms with E-state index in [1.165, 1.54) is 18.1 Å². The minimum atomic E-state index is -0.812. The highest BCUT2D eigenvalue weighted by atomic mass is 19.1. The van der Waals surface area contributed by atoms with Crippen molar-refractivity contribution in [1.29, 1.82) is 0 Å². The summed E-state index contributed by atoms with van der Waals surface area (Å²) in [6.07, 6.45) is 2.39. The Kier molecular flexibility index (Phi) is 8.52. The van der Waals surface area contributed by atoms with Crippen molar-refractivity contribution in [3.05, 3.63) is 77.2 Å². The van der Waals surface area contributed by atoms with Gasteiger partial charge in [-0.25, -0.2) is 9.37 Å². The van der Waals surface area contributed by atoms with E-state index in [1.807, 2.05) is 12.1 Å². The average molecular weight is 521 g/mol. The quantitative estimate of drug-likeness (QED) is 0.478. The smallest absolute Gasteiger partial charge is 0.257 e. The van der Waals surface area contributed by atoms with Gasteiger partial charge in [-0.1, -0.05) is 18.2 Å². The van der Waals surface area contributed by atoms with Gasteiger partial charge in [-0.2, -0.15) is 0 Å². The van der Waals surface area contributed by atoms with Gasteiger partial charge in [0.25, 0.3) is 11.8 Å². The fraction of sp³-hybridized carbons (Fsp3) is 0.286.